The molecule has 20 heavy (non-hydrogen) atoms. The number of rotatable bonds is 3. The summed E-state index contributed by atoms with van der Waals surface area (Å²) in [5, 5.41) is 5.45. The topological polar surface area (TPSA) is 50.4 Å². The zero-order valence-corrected chi connectivity index (χ0v) is 10.8. The normalized spacial score (nSPS) is 22.8. The smallest absolute Gasteiger partial charge is 0.380 e. The molecule has 2 N–H and O–H groups in total. The lowest BCUT2D eigenvalue weighted by Gasteiger charge is -2.13. The lowest BCUT2D eigenvalue weighted by Crippen LogP contribution is -2.35. The molecule has 110 valence electrons. The van der Waals surface area contributed by atoms with Crippen molar-refractivity contribution in [1.82, 2.24) is 5.32 Å². The molecule has 0 radical (unpaired) electrons. The standard InChI is InChI=1S/C13H15F3N2O2/c1-20-10-6-11(17-7-10)12(19)18-9-4-2-3-8(5-9)13(14,15)16/h2-5,10-11,17H,6-7H2,1H3,(H,18,19). The molecule has 1 heterocycles. The molecule has 0 aromatic heterocycles. The van der Waals surface area contributed by atoms with Crippen LogP contribution in [0.3, 0.4) is 0 Å². The van der Waals surface area contributed by atoms with Crippen molar-refractivity contribution in [3.63, 3.8) is 0 Å². The molecule has 1 saturated heterocycles. The van der Waals surface area contributed by atoms with Gasteiger partial charge in [-0.25, -0.2) is 0 Å². The number of carbonyl (C=O) groups is 1. The second kappa shape index (κ2) is 5.80. The molecule has 1 fully saturated rings. The highest BCUT2D eigenvalue weighted by atomic mass is 19.4. The van der Waals surface area contributed by atoms with Crippen molar-refractivity contribution in [1.29, 1.82) is 0 Å². The van der Waals surface area contributed by atoms with Crippen molar-refractivity contribution in [3.05, 3.63) is 29.8 Å². The third-order valence-electron chi connectivity index (χ3n) is 3.20. The molecule has 1 amide bonds. The van der Waals surface area contributed by atoms with Crippen molar-refractivity contribution in [2.75, 3.05) is 19.0 Å². The number of hydrogen-bond donors (Lipinski definition) is 2. The Balaban J connectivity index is 2.02. The van der Waals surface area contributed by atoms with E-state index in [1.807, 2.05) is 0 Å². The molecule has 2 unspecified atom stereocenters. The van der Waals surface area contributed by atoms with Crippen molar-refractivity contribution in [2.45, 2.75) is 24.7 Å². The number of halogens is 3. The Bertz CT molecular complexity index is 491. The van der Waals surface area contributed by atoms with E-state index < -0.39 is 17.8 Å². The number of ether oxygens (including phenoxy) is 1. The lowest BCUT2D eigenvalue weighted by molar-refractivity contribution is -0.137. The fourth-order valence-corrected chi connectivity index (χ4v) is 2.09. The largest absolute Gasteiger partial charge is 0.416 e. The molecule has 2 rings (SSSR count). The predicted molar refractivity (Wildman–Crippen MR) is 67.3 cm³/mol. The Morgan fingerprint density at radius 3 is 2.80 bits per heavy atom. The first kappa shape index (κ1) is 14.8. The van der Waals surface area contributed by atoms with E-state index in [2.05, 4.69) is 10.6 Å². The van der Waals surface area contributed by atoms with Crippen LogP contribution < -0.4 is 10.6 Å². The highest BCUT2D eigenvalue weighted by Gasteiger charge is 2.32. The Hall–Kier alpha value is -1.60. The second-order valence-electron chi connectivity index (χ2n) is 4.62. The highest BCUT2D eigenvalue weighted by Crippen LogP contribution is 2.30. The van der Waals surface area contributed by atoms with Gasteiger partial charge in [-0.2, -0.15) is 13.2 Å². The number of methoxy groups -OCH3 is 1. The van der Waals surface area contributed by atoms with Crippen LogP contribution in [0.2, 0.25) is 0 Å². The molecular formula is C13H15F3N2O2. The van der Waals surface area contributed by atoms with Gasteiger partial charge in [0.2, 0.25) is 5.91 Å². The average molecular weight is 288 g/mol. The van der Waals surface area contributed by atoms with Crippen LogP contribution in [0.25, 0.3) is 0 Å². The van der Waals surface area contributed by atoms with Crippen LogP contribution in [0.4, 0.5) is 18.9 Å². The number of hydrogen-bond acceptors (Lipinski definition) is 3. The molecular weight excluding hydrogens is 273 g/mol. The zero-order chi connectivity index (χ0) is 14.8. The summed E-state index contributed by atoms with van der Waals surface area (Å²) in [4.78, 5) is 11.9. The van der Waals surface area contributed by atoms with Gasteiger partial charge in [0.15, 0.2) is 0 Å². The minimum Gasteiger partial charge on any atom is -0.380 e. The molecule has 2 atom stereocenters. The maximum Gasteiger partial charge on any atom is 0.416 e. The molecule has 1 aliphatic heterocycles. The number of alkyl halides is 3. The summed E-state index contributed by atoms with van der Waals surface area (Å²) >= 11 is 0. The summed E-state index contributed by atoms with van der Waals surface area (Å²) < 4.78 is 42.8. The van der Waals surface area contributed by atoms with Crippen molar-refractivity contribution in [3.8, 4) is 0 Å². The Labute approximate surface area is 114 Å². The molecule has 0 aliphatic carbocycles. The van der Waals surface area contributed by atoms with Crippen LogP contribution in [0.5, 0.6) is 0 Å². The molecule has 0 spiro atoms. The maximum absolute atomic E-state index is 12.6. The third kappa shape index (κ3) is 3.49. The zero-order valence-electron chi connectivity index (χ0n) is 10.8. The van der Waals surface area contributed by atoms with Crippen molar-refractivity contribution < 1.29 is 22.7 Å². The van der Waals surface area contributed by atoms with E-state index in [4.69, 9.17) is 4.74 Å². The summed E-state index contributed by atoms with van der Waals surface area (Å²) in [6.45, 7) is 0.553. The first-order valence-electron chi connectivity index (χ1n) is 6.14. The van der Waals surface area contributed by atoms with Gasteiger partial charge in [-0.05, 0) is 24.6 Å². The molecule has 0 bridgehead atoms. The number of amides is 1. The van der Waals surface area contributed by atoms with E-state index in [1.165, 1.54) is 12.1 Å². The maximum atomic E-state index is 12.6. The molecule has 1 aromatic rings. The Morgan fingerprint density at radius 2 is 2.20 bits per heavy atom. The first-order valence-corrected chi connectivity index (χ1v) is 6.14. The van der Waals surface area contributed by atoms with Crippen LogP contribution in [0.1, 0.15) is 12.0 Å². The van der Waals surface area contributed by atoms with Gasteiger partial charge in [0, 0.05) is 19.3 Å². The minimum atomic E-state index is -4.42. The van der Waals surface area contributed by atoms with Crippen molar-refractivity contribution >= 4 is 11.6 Å². The van der Waals surface area contributed by atoms with Gasteiger partial charge in [-0.15, -0.1) is 0 Å². The van der Waals surface area contributed by atoms with Crippen LogP contribution in [0, 0.1) is 0 Å². The van der Waals surface area contributed by atoms with Crippen LogP contribution in [-0.2, 0) is 15.7 Å². The summed E-state index contributed by atoms with van der Waals surface area (Å²) in [6, 6.07) is 4.12. The number of carbonyl (C=O) groups excluding carboxylic acids is 1. The number of nitrogens with one attached hydrogen (secondary N) is 2. The van der Waals surface area contributed by atoms with Gasteiger partial charge in [-0.3, -0.25) is 4.79 Å². The number of benzene rings is 1. The van der Waals surface area contributed by atoms with Crippen LogP contribution >= 0.6 is 0 Å². The van der Waals surface area contributed by atoms with E-state index in [-0.39, 0.29) is 17.7 Å². The summed E-state index contributed by atoms with van der Waals surface area (Å²) in [6.07, 6.45) is -3.97. The van der Waals surface area contributed by atoms with E-state index in [9.17, 15) is 18.0 Å². The van der Waals surface area contributed by atoms with E-state index in [0.717, 1.165) is 12.1 Å². The van der Waals surface area contributed by atoms with Gasteiger partial charge in [0.25, 0.3) is 0 Å². The second-order valence-corrected chi connectivity index (χ2v) is 4.62. The highest BCUT2D eigenvalue weighted by molar-refractivity contribution is 5.95. The van der Waals surface area contributed by atoms with Gasteiger partial charge in [-0.1, -0.05) is 6.07 Å². The Morgan fingerprint density at radius 1 is 1.45 bits per heavy atom. The monoisotopic (exact) mass is 288 g/mol. The van der Waals surface area contributed by atoms with E-state index >= 15 is 0 Å². The van der Waals surface area contributed by atoms with Gasteiger partial charge < -0.3 is 15.4 Å². The van der Waals surface area contributed by atoms with Crippen LogP contribution in [-0.4, -0.2) is 31.7 Å². The predicted octanol–water partition coefficient (Wildman–Crippen LogP) is 2.02. The van der Waals surface area contributed by atoms with E-state index in [1.54, 1.807) is 7.11 Å². The van der Waals surface area contributed by atoms with Crippen molar-refractivity contribution in [2.24, 2.45) is 0 Å². The van der Waals surface area contributed by atoms with Gasteiger partial charge >= 0.3 is 6.18 Å². The SMILES string of the molecule is COC1CNC(C(=O)Nc2cccc(C(F)(F)F)c2)C1. The van der Waals surface area contributed by atoms with Gasteiger partial charge in [0.1, 0.15) is 0 Å². The molecule has 1 aromatic carbocycles. The summed E-state index contributed by atoms with van der Waals surface area (Å²) in [5.41, 5.74) is -0.656. The Kier molecular flexibility index (Phi) is 4.29. The first-order chi connectivity index (χ1) is 9.40. The molecule has 0 saturated carbocycles. The van der Waals surface area contributed by atoms with Crippen LogP contribution in [0.15, 0.2) is 24.3 Å². The lowest BCUT2D eigenvalue weighted by atomic mass is 10.1. The van der Waals surface area contributed by atoms with E-state index in [0.29, 0.717) is 13.0 Å². The molecule has 7 heteroatoms. The fraction of sp³-hybridized carbons (Fsp3) is 0.462. The average Bonchev–Trinajstić information content (AvgIpc) is 2.87. The quantitative estimate of drug-likeness (QED) is 0.894. The third-order valence-corrected chi connectivity index (χ3v) is 3.20. The van der Waals surface area contributed by atoms with Gasteiger partial charge in [0.05, 0.1) is 17.7 Å². The fourth-order valence-electron chi connectivity index (χ4n) is 2.09. The minimum absolute atomic E-state index is 0.0488. The summed E-state index contributed by atoms with van der Waals surface area (Å²) in [7, 11) is 1.55. The number of anilines is 1. The molecule has 1 aliphatic rings. The molecule has 4 nitrogen and oxygen atoms in total. The summed E-state index contributed by atoms with van der Waals surface area (Å²) in [5.74, 6) is -0.358.